The summed E-state index contributed by atoms with van der Waals surface area (Å²) in [4.78, 5) is 24.7. The number of hydrogen-bond acceptors (Lipinski definition) is 4. The lowest BCUT2D eigenvalue weighted by molar-refractivity contribution is -0.142. The van der Waals surface area contributed by atoms with E-state index in [0.29, 0.717) is 24.4 Å². The molecule has 0 aliphatic heterocycles. The second-order valence-corrected chi connectivity index (χ2v) is 5.76. The second kappa shape index (κ2) is 8.85. The lowest BCUT2D eigenvalue weighted by atomic mass is 9.79. The summed E-state index contributed by atoms with van der Waals surface area (Å²) in [5.41, 5.74) is 1.06. The molecular formula is C17H28O4. The highest BCUT2D eigenvalue weighted by molar-refractivity contribution is 6.01. The Kier molecular flexibility index (Phi) is 7.48. The normalized spacial score (nSPS) is 17.4. The second-order valence-electron chi connectivity index (χ2n) is 5.76. The maximum absolute atomic E-state index is 12.4. The summed E-state index contributed by atoms with van der Waals surface area (Å²) >= 11 is 0. The highest BCUT2D eigenvalue weighted by Crippen LogP contribution is 2.34. The number of ether oxygens (including phenoxy) is 2. The van der Waals surface area contributed by atoms with E-state index < -0.39 is 0 Å². The van der Waals surface area contributed by atoms with Crippen molar-refractivity contribution in [2.45, 2.75) is 59.8 Å². The van der Waals surface area contributed by atoms with Crippen molar-refractivity contribution >= 4 is 11.9 Å². The Morgan fingerprint density at radius 2 is 1.48 bits per heavy atom. The van der Waals surface area contributed by atoms with Gasteiger partial charge in [0.25, 0.3) is 0 Å². The van der Waals surface area contributed by atoms with Gasteiger partial charge in [0, 0.05) is 0 Å². The van der Waals surface area contributed by atoms with Gasteiger partial charge in [-0.05, 0) is 38.5 Å². The molecule has 1 rings (SSSR count). The fraction of sp³-hybridized carbons (Fsp3) is 0.765. The largest absolute Gasteiger partial charge is 0.463 e. The van der Waals surface area contributed by atoms with Crippen LogP contribution < -0.4 is 0 Å². The predicted octanol–water partition coefficient (Wildman–Crippen LogP) is 3.65. The molecule has 0 unspecified atom stereocenters. The van der Waals surface area contributed by atoms with Crippen molar-refractivity contribution in [1.82, 2.24) is 0 Å². The van der Waals surface area contributed by atoms with E-state index in [-0.39, 0.29) is 23.8 Å². The van der Waals surface area contributed by atoms with E-state index in [4.69, 9.17) is 9.47 Å². The summed E-state index contributed by atoms with van der Waals surface area (Å²) in [6.07, 6.45) is 5.29. The van der Waals surface area contributed by atoms with Crippen molar-refractivity contribution < 1.29 is 19.1 Å². The third-order valence-corrected chi connectivity index (χ3v) is 3.87. The highest BCUT2D eigenvalue weighted by atomic mass is 16.5. The van der Waals surface area contributed by atoms with Crippen LogP contribution >= 0.6 is 0 Å². The SMILES string of the molecule is CCOC(=O)/C(=C(\C(=O)OCC)C1CCCCC1)C(C)C. The summed E-state index contributed by atoms with van der Waals surface area (Å²) in [5, 5.41) is 0. The zero-order valence-corrected chi connectivity index (χ0v) is 13.7. The van der Waals surface area contributed by atoms with Gasteiger partial charge in [0.1, 0.15) is 0 Å². The topological polar surface area (TPSA) is 52.6 Å². The smallest absolute Gasteiger partial charge is 0.334 e. The molecule has 0 aromatic rings. The Labute approximate surface area is 127 Å². The lowest BCUT2D eigenvalue weighted by Gasteiger charge is -2.26. The molecule has 0 amide bonds. The molecule has 0 saturated heterocycles. The van der Waals surface area contributed by atoms with Gasteiger partial charge in [-0.3, -0.25) is 0 Å². The van der Waals surface area contributed by atoms with Crippen LogP contribution in [0.4, 0.5) is 0 Å². The Morgan fingerprint density at radius 1 is 0.952 bits per heavy atom. The highest BCUT2D eigenvalue weighted by Gasteiger charge is 2.32. The summed E-state index contributed by atoms with van der Waals surface area (Å²) in [7, 11) is 0. The van der Waals surface area contributed by atoms with Crippen molar-refractivity contribution in [1.29, 1.82) is 0 Å². The average molecular weight is 296 g/mol. The minimum Gasteiger partial charge on any atom is -0.463 e. The molecule has 0 spiro atoms. The third-order valence-electron chi connectivity index (χ3n) is 3.87. The fourth-order valence-corrected chi connectivity index (χ4v) is 2.96. The van der Waals surface area contributed by atoms with E-state index in [2.05, 4.69) is 0 Å². The van der Waals surface area contributed by atoms with Crippen LogP contribution in [0.15, 0.2) is 11.1 Å². The average Bonchev–Trinajstić information content (AvgIpc) is 2.45. The van der Waals surface area contributed by atoms with Crippen LogP contribution in [0.1, 0.15) is 59.8 Å². The van der Waals surface area contributed by atoms with E-state index in [0.717, 1.165) is 25.7 Å². The van der Waals surface area contributed by atoms with Gasteiger partial charge in [-0.2, -0.15) is 0 Å². The number of rotatable bonds is 6. The summed E-state index contributed by atoms with van der Waals surface area (Å²) < 4.78 is 10.4. The molecule has 1 fully saturated rings. The lowest BCUT2D eigenvalue weighted by Crippen LogP contribution is -2.26. The molecule has 120 valence electrons. The minimum atomic E-state index is -0.374. The van der Waals surface area contributed by atoms with Crippen LogP contribution in [0.25, 0.3) is 0 Å². The molecule has 0 aromatic carbocycles. The molecule has 0 bridgehead atoms. The third kappa shape index (κ3) is 4.87. The number of esters is 2. The Hall–Kier alpha value is -1.32. The van der Waals surface area contributed by atoms with E-state index in [1.54, 1.807) is 13.8 Å². The van der Waals surface area contributed by atoms with Gasteiger partial charge in [-0.15, -0.1) is 0 Å². The van der Waals surface area contributed by atoms with Crippen LogP contribution in [0.3, 0.4) is 0 Å². The number of carbonyl (C=O) groups is 2. The van der Waals surface area contributed by atoms with Crippen LogP contribution in [-0.4, -0.2) is 25.2 Å². The maximum Gasteiger partial charge on any atom is 0.334 e. The maximum atomic E-state index is 12.4. The Bertz CT molecular complexity index is 390. The first-order valence-electron chi connectivity index (χ1n) is 8.11. The molecule has 0 aromatic heterocycles. The zero-order chi connectivity index (χ0) is 15.8. The first kappa shape index (κ1) is 17.7. The first-order chi connectivity index (χ1) is 10.0. The molecule has 21 heavy (non-hydrogen) atoms. The van der Waals surface area contributed by atoms with Crippen LogP contribution in [0.5, 0.6) is 0 Å². The molecule has 1 aliphatic carbocycles. The zero-order valence-electron chi connectivity index (χ0n) is 13.7. The summed E-state index contributed by atoms with van der Waals surface area (Å²) in [6, 6.07) is 0. The number of carbonyl (C=O) groups excluding carboxylic acids is 2. The molecule has 0 heterocycles. The molecule has 4 heteroatoms. The van der Waals surface area contributed by atoms with Crippen LogP contribution in [0, 0.1) is 11.8 Å². The number of hydrogen-bond donors (Lipinski definition) is 0. The van der Waals surface area contributed by atoms with Gasteiger partial charge in [0.2, 0.25) is 0 Å². The van der Waals surface area contributed by atoms with E-state index in [9.17, 15) is 9.59 Å². The standard InChI is InChI=1S/C17H28O4/c1-5-20-16(18)14(12(3)4)15(17(19)21-6-2)13-10-8-7-9-11-13/h12-13H,5-11H2,1-4H3/b15-14-. The van der Waals surface area contributed by atoms with Crippen molar-refractivity contribution in [3.63, 3.8) is 0 Å². The van der Waals surface area contributed by atoms with Crippen molar-refractivity contribution in [3.8, 4) is 0 Å². The quantitative estimate of drug-likeness (QED) is 0.554. The summed E-state index contributed by atoms with van der Waals surface area (Å²) in [6.45, 7) is 8.05. The molecule has 0 radical (unpaired) electrons. The monoisotopic (exact) mass is 296 g/mol. The van der Waals surface area contributed by atoms with Gasteiger partial charge in [-0.1, -0.05) is 33.1 Å². The predicted molar refractivity (Wildman–Crippen MR) is 81.7 cm³/mol. The molecular weight excluding hydrogens is 268 g/mol. The Morgan fingerprint density at radius 3 is 1.95 bits per heavy atom. The molecule has 0 N–H and O–H groups in total. The van der Waals surface area contributed by atoms with Gasteiger partial charge in [0.05, 0.1) is 24.4 Å². The molecule has 1 aliphatic rings. The van der Waals surface area contributed by atoms with Gasteiger partial charge in [0.15, 0.2) is 0 Å². The molecule has 0 atom stereocenters. The van der Waals surface area contributed by atoms with Crippen molar-refractivity contribution in [2.75, 3.05) is 13.2 Å². The van der Waals surface area contributed by atoms with Crippen molar-refractivity contribution in [2.24, 2.45) is 11.8 Å². The van der Waals surface area contributed by atoms with Gasteiger partial charge >= 0.3 is 11.9 Å². The van der Waals surface area contributed by atoms with Crippen LogP contribution in [-0.2, 0) is 19.1 Å². The van der Waals surface area contributed by atoms with E-state index >= 15 is 0 Å². The van der Waals surface area contributed by atoms with Gasteiger partial charge < -0.3 is 9.47 Å². The molecule has 4 nitrogen and oxygen atoms in total. The van der Waals surface area contributed by atoms with E-state index in [1.807, 2.05) is 13.8 Å². The van der Waals surface area contributed by atoms with Gasteiger partial charge in [-0.25, -0.2) is 9.59 Å². The Balaban J connectivity index is 3.22. The summed E-state index contributed by atoms with van der Waals surface area (Å²) in [5.74, 6) is -0.646. The molecule has 1 saturated carbocycles. The minimum absolute atomic E-state index is 0.0506. The van der Waals surface area contributed by atoms with Crippen LogP contribution in [0.2, 0.25) is 0 Å². The van der Waals surface area contributed by atoms with E-state index in [1.165, 1.54) is 6.42 Å². The van der Waals surface area contributed by atoms with Crippen molar-refractivity contribution in [3.05, 3.63) is 11.1 Å². The fourth-order valence-electron chi connectivity index (χ4n) is 2.96. The first-order valence-corrected chi connectivity index (χ1v) is 8.11.